The summed E-state index contributed by atoms with van der Waals surface area (Å²) < 4.78 is 0. The van der Waals surface area contributed by atoms with E-state index >= 15 is 0 Å². The molecule has 1 aromatic rings. The van der Waals surface area contributed by atoms with E-state index in [0.29, 0.717) is 0 Å². The third-order valence-electron chi connectivity index (χ3n) is 1.77. The van der Waals surface area contributed by atoms with Gasteiger partial charge in [0, 0.05) is 0 Å². The van der Waals surface area contributed by atoms with Crippen molar-refractivity contribution in [3.05, 3.63) is 47.8 Å². The van der Waals surface area contributed by atoms with Crippen LogP contribution >= 0.6 is 0 Å². The first kappa shape index (κ1) is 9.52. The Bertz CT molecular complexity index is 343. The maximum Gasteiger partial charge on any atom is 0.0612 e. The highest BCUT2D eigenvalue weighted by molar-refractivity contribution is 5.58. The van der Waals surface area contributed by atoms with Crippen LogP contribution in [0, 0.1) is 6.92 Å². The van der Waals surface area contributed by atoms with Crippen LogP contribution in [0.5, 0.6) is 0 Å². The van der Waals surface area contributed by atoms with E-state index in [4.69, 9.17) is 0 Å². The second kappa shape index (κ2) is 4.45. The van der Waals surface area contributed by atoms with E-state index in [1.54, 1.807) is 0 Å². The molecular formula is C11H14N2. The fourth-order valence-corrected chi connectivity index (χ4v) is 1.04. The van der Waals surface area contributed by atoms with E-state index in [2.05, 4.69) is 16.8 Å². The van der Waals surface area contributed by atoms with Gasteiger partial charge in [0.2, 0.25) is 0 Å². The summed E-state index contributed by atoms with van der Waals surface area (Å²) in [6, 6.07) is 0. The van der Waals surface area contributed by atoms with Crippen LogP contribution in [0.4, 0.5) is 0 Å². The van der Waals surface area contributed by atoms with Crippen molar-refractivity contribution < 1.29 is 0 Å². The van der Waals surface area contributed by atoms with Crippen molar-refractivity contribution in [3.8, 4) is 0 Å². The average Bonchev–Trinajstić information content (AvgIpc) is 2.51. The number of aryl methyl sites for hydroxylation is 1. The van der Waals surface area contributed by atoms with Crippen LogP contribution in [0.3, 0.4) is 0 Å². The van der Waals surface area contributed by atoms with Gasteiger partial charge in [0.1, 0.15) is 0 Å². The Labute approximate surface area is 78.7 Å². The van der Waals surface area contributed by atoms with Crippen LogP contribution in [0.1, 0.15) is 18.2 Å². The predicted octanol–water partition coefficient (Wildman–Crippen LogP) is 2.86. The van der Waals surface area contributed by atoms with E-state index in [0.717, 1.165) is 16.8 Å². The van der Waals surface area contributed by atoms with Crippen molar-refractivity contribution in [1.29, 1.82) is 0 Å². The summed E-state index contributed by atoms with van der Waals surface area (Å²) in [5, 5.41) is 6.86. The first-order valence-electron chi connectivity index (χ1n) is 4.24. The van der Waals surface area contributed by atoms with Gasteiger partial charge in [-0.25, -0.2) is 0 Å². The SMILES string of the molecule is C=CC(/C=C\C)=C\c1[nH]ncc1C. The Morgan fingerprint density at radius 2 is 2.38 bits per heavy atom. The number of aromatic nitrogens is 2. The van der Waals surface area contributed by atoms with Crippen molar-refractivity contribution in [2.24, 2.45) is 0 Å². The second-order valence-corrected chi connectivity index (χ2v) is 2.82. The van der Waals surface area contributed by atoms with Crippen LogP contribution in [-0.2, 0) is 0 Å². The van der Waals surface area contributed by atoms with Crippen LogP contribution in [-0.4, -0.2) is 10.2 Å². The number of rotatable bonds is 3. The summed E-state index contributed by atoms with van der Waals surface area (Å²) in [6.07, 6.45) is 9.64. The summed E-state index contributed by atoms with van der Waals surface area (Å²) >= 11 is 0. The van der Waals surface area contributed by atoms with Gasteiger partial charge in [0.25, 0.3) is 0 Å². The van der Waals surface area contributed by atoms with Gasteiger partial charge in [-0.1, -0.05) is 24.8 Å². The number of nitrogens with zero attached hydrogens (tertiary/aromatic N) is 1. The van der Waals surface area contributed by atoms with E-state index < -0.39 is 0 Å². The molecule has 1 heterocycles. The Morgan fingerprint density at radius 3 is 2.85 bits per heavy atom. The molecule has 0 unspecified atom stereocenters. The van der Waals surface area contributed by atoms with Crippen LogP contribution < -0.4 is 0 Å². The highest BCUT2D eigenvalue weighted by atomic mass is 15.1. The lowest BCUT2D eigenvalue weighted by Crippen LogP contribution is -1.78. The molecule has 2 nitrogen and oxygen atoms in total. The topological polar surface area (TPSA) is 28.7 Å². The summed E-state index contributed by atoms with van der Waals surface area (Å²) in [7, 11) is 0. The lowest BCUT2D eigenvalue weighted by molar-refractivity contribution is 1.08. The van der Waals surface area contributed by atoms with Crippen LogP contribution in [0.15, 0.2) is 36.6 Å². The Morgan fingerprint density at radius 1 is 1.62 bits per heavy atom. The van der Waals surface area contributed by atoms with Gasteiger partial charge < -0.3 is 0 Å². The highest BCUT2D eigenvalue weighted by Crippen LogP contribution is 2.09. The molecule has 0 aliphatic heterocycles. The smallest absolute Gasteiger partial charge is 0.0612 e. The van der Waals surface area contributed by atoms with Gasteiger partial charge >= 0.3 is 0 Å². The molecule has 1 aromatic heterocycles. The molecule has 0 saturated heterocycles. The average molecular weight is 174 g/mol. The first-order chi connectivity index (χ1) is 6.27. The zero-order valence-corrected chi connectivity index (χ0v) is 8.04. The fourth-order valence-electron chi connectivity index (χ4n) is 1.04. The molecule has 0 atom stereocenters. The molecule has 13 heavy (non-hydrogen) atoms. The molecule has 0 spiro atoms. The summed E-state index contributed by atoms with van der Waals surface area (Å²) in [4.78, 5) is 0. The van der Waals surface area contributed by atoms with Crippen LogP contribution in [0.2, 0.25) is 0 Å². The third-order valence-corrected chi connectivity index (χ3v) is 1.77. The number of nitrogens with one attached hydrogen (secondary N) is 1. The Balaban J connectivity index is 2.97. The molecule has 0 aliphatic rings. The van der Waals surface area contributed by atoms with Gasteiger partial charge in [-0.2, -0.15) is 5.10 Å². The zero-order chi connectivity index (χ0) is 9.68. The maximum absolute atomic E-state index is 3.94. The number of aromatic amines is 1. The predicted molar refractivity (Wildman–Crippen MR) is 56.3 cm³/mol. The molecule has 0 aromatic carbocycles. The zero-order valence-electron chi connectivity index (χ0n) is 8.04. The second-order valence-electron chi connectivity index (χ2n) is 2.82. The minimum absolute atomic E-state index is 1.04. The molecule has 1 N–H and O–H groups in total. The Kier molecular flexibility index (Phi) is 3.26. The number of hydrogen-bond donors (Lipinski definition) is 1. The van der Waals surface area contributed by atoms with E-state index in [1.807, 2.05) is 44.3 Å². The van der Waals surface area contributed by atoms with Crippen molar-refractivity contribution >= 4 is 6.08 Å². The quantitative estimate of drug-likeness (QED) is 0.701. The largest absolute Gasteiger partial charge is 0.278 e. The fraction of sp³-hybridized carbons (Fsp3) is 0.182. The van der Waals surface area contributed by atoms with Crippen molar-refractivity contribution in [1.82, 2.24) is 10.2 Å². The van der Waals surface area contributed by atoms with E-state index in [9.17, 15) is 0 Å². The molecule has 0 aliphatic carbocycles. The summed E-state index contributed by atoms with van der Waals surface area (Å²) in [5.74, 6) is 0. The molecule has 0 amide bonds. The lowest BCUT2D eigenvalue weighted by Gasteiger charge is -1.93. The highest BCUT2D eigenvalue weighted by Gasteiger charge is 1.95. The van der Waals surface area contributed by atoms with Gasteiger partial charge in [0.05, 0.1) is 11.9 Å². The molecule has 68 valence electrons. The number of hydrogen-bond acceptors (Lipinski definition) is 1. The maximum atomic E-state index is 3.94. The minimum Gasteiger partial charge on any atom is -0.278 e. The first-order valence-corrected chi connectivity index (χ1v) is 4.24. The molecule has 0 saturated carbocycles. The summed E-state index contributed by atoms with van der Waals surface area (Å²) in [5.41, 5.74) is 3.26. The van der Waals surface area contributed by atoms with Gasteiger partial charge in [-0.05, 0) is 31.1 Å². The summed E-state index contributed by atoms with van der Waals surface area (Å²) in [6.45, 7) is 7.74. The normalized spacial score (nSPS) is 12.3. The standard InChI is InChI=1S/C11H14N2/c1-4-6-10(5-2)7-11-9(3)8-12-13-11/h4-8H,2H2,1,3H3,(H,12,13)/b6-4-,10-7+. The molecule has 0 fully saturated rings. The number of H-pyrrole nitrogens is 1. The van der Waals surface area contributed by atoms with Gasteiger partial charge in [-0.3, -0.25) is 5.10 Å². The van der Waals surface area contributed by atoms with E-state index in [-0.39, 0.29) is 0 Å². The molecule has 2 heteroatoms. The lowest BCUT2D eigenvalue weighted by atomic mass is 10.1. The van der Waals surface area contributed by atoms with Crippen LogP contribution in [0.25, 0.3) is 6.08 Å². The molecular weight excluding hydrogens is 160 g/mol. The molecule has 0 bridgehead atoms. The van der Waals surface area contributed by atoms with Gasteiger partial charge in [-0.15, -0.1) is 0 Å². The Hall–Kier alpha value is -1.57. The van der Waals surface area contributed by atoms with Crippen molar-refractivity contribution in [2.75, 3.05) is 0 Å². The monoisotopic (exact) mass is 174 g/mol. The van der Waals surface area contributed by atoms with Crippen molar-refractivity contribution in [3.63, 3.8) is 0 Å². The third kappa shape index (κ3) is 2.44. The molecule has 1 rings (SSSR count). The van der Waals surface area contributed by atoms with Crippen molar-refractivity contribution in [2.45, 2.75) is 13.8 Å². The van der Waals surface area contributed by atoms with E-state index in [1.165, 1.54) is 0 Å². The van der Waals surface area contributed by atoms with Gasteiger partial charge in [0.15, 0.2) is 0 Å². The molecule has 0 radical (unpaired) electrons. The number of allylic oxidation sites excluding steroid dienone is 4. The minimum atomic E-state index is 1.04.